The number of rotatable bonds is 5. The smallest absolute Gasteiger partial charge is 0.164 e. The van der Waals surface area contributed by atoms with Crippen molar-refractivity contribution in [1.82, 2.24) is 19.5 Å². The summed E-state index contributed by atoms with van der Waals surface area (Å²) in [4.78, 5) is 15.0. The summed E-state index contributed by atoms with van der Waals surface area (Å²) >= 11 is 1.92. The number of fused-ring (bicyclic) bond motifs is 9. The third-order valence-corrected chi connectivity index (χ3v) is 13.6. The number of nitrogens with zero attached hydrogens (tertiary/aromatic N) is 4. The van der Waals surface area contributed by atoms with E-state index in [0.29, 0.717) is 17.5 Å². The Bertz CT molecular complexity index is 3590. The molecule has 4 nitrogen and oxygen atoms in total. The van der Waals surface area contributed by atoms with Gasteiger partial charge in [-0.2, -0.15) is 0 Å². The SMILES string of the molecule is C1=CC2=C(CC1)c1cc3sc4ccc(-c5ccc6c(c5)c5ccccc5n6-c5cccc(-c6nc(-c7ccccc7)nc(-c7ccccc7)n6)c5)cc4c3c3cccc2c13. The highest BCUT2D eigenvalue weighted by molar-refractivity contribution is 7.26. The van der Waals surface area contributed by atoms with Crippen LogP contribution in [0.1, 0.15) is 24.0 Å². The molecule has 0 saturated carbocycles. The van der Waals surface area contributed by atoms with Gasteiger partial charge in [-0.15, -0.1) is 11.3 Å². The summed E-state index contributed by atoms with van der Waals surface area (Å²) in [6, 6.07) is 61.0. The number of aromatic nitrogens is 4. The maximum Gasteiger partial charge on any atom is 0.164 e. The number of hydrogen-bond donors (Lipinski definition) is 0. The lowest BCUT2D eigenvalue weighted by Crippen LogP contribution is -2.01. The molecule has 0 spiro atoms. The van der Waals surface area contributed by atoms with E-state index < -0.39 is 0 Å². The Labute approximate surface area is 350 Å². The zero-order chi connectivity index (χ0) is 39.3. The molecule has 0 atom stereocenters. The number of thiophene rings is 1. The second-order valence-corrected chi connectivity index (χ2v) is 16.9. The largest absolute Gasteiger partial charge is 0.309 e. The molecule has 0 aliphatic heterocycles. The molecule has 5 heteroatoms. The van der Waals surface area contributed by atoms with Crippen LogP contribution in [0.2, 0.25) is 0 Å². The number of benzene rings is 8. The summed E-state index contributed by atoms with van der Waals surface area (Å²) in [5.74, 6) is 1.94. The van der Waals surface area contributed by atoms with E-state index >= 15 is 0 Å². The minimum Gasteiger partial charge on any atom is -0.309 e. The first-order valence-corrected chi connectivity index (χ1v) is 21.4. The lowest BCUT2D eigenvalue weighted by molar-refractivity contribution is 1.06. The van der Waals surface area contributed by atoms with Crippen LogP contribution in [0.5, 0.6) is 0 Å². The molecule has 0 N–H and O–H groups in total. The van der Waals surface area contributed by atoms with E-state index in [4.69, 9.17) is 15.0 Å². The highest BCUT2D eigenvalue weighted by Gasteiger charge is 2.26. The van der Waals surface area contributed by atoms with Gasteiger partial charge in [0.1, 0.15) is 0 Å². The molecule has 11 aromatic rings. The third-order valence-electron chi connectivity index (χ3n) is 12.4. The number of hydrogen-bond acceptors (Lipinski definition) is 4. The zero-order valence-corrected chi connectivity index (χ0v) is 33.2. The minimum atomic E-state index is 0.637. The van der Waals surface area contributed by atoms with Crippen LogP contribution < -0.4 is 0 Å². The molecule has 2 aliphatic carbocycles. The average Bonchev–Trinajstić information content (AvgIpc) is 3.97. The van der Waals surface area contributed by atoms with Gasteiger partial charge in [0, 0.05) is 53.3 Å². The average molecular weight is 783 g/mol. The summed E-state index contributed by atoms with van der Waals surface area (Å²) < 4.78 is 5.07. The van der Waals surface area contributed by atoms with Crippen LogP contribution in [0, 0.1) is 0 Å². The number of allylic oxidation sites excluding steroid dienone is 4. The topological polar surface area (TPSA) is 43.6 Å². The quantitative estimate of drug-likeness (QED) is 0.175. The van der Waals surface area contributed by atoms with Crippen molar-refractivity contribution in [3.8, 4) is 51.0 Å². The van der Waals surface area contributed by atoms with Gasteiger partial charge >= 0.3 is 0 Å². The molecule has 0 amide bonds. The molecule has 0 radical (unpaired) electrons. The maximum atomic E-state index is 5.04. The van der Waals surface area contributed by atoms with Crippen LogP contribution in [-0.4, -0.2) is 19.5 Å². The van der Waals surface area contributed by atoms with E-state index in [-0.39, 0.29) is 0 Å². The normalized spacial score (nSPS) is 13.4. The molecule has 0 fully saturated rings. The Morgan fingerprint density at radius 2 is 1.08 bits per heavy atom. The number of para-hydroxylation sites is 1. The second-order valence-electron chi connectivity index (χ2n) is 15.8. The van der Waals surface area contributed by atoms with E-state index in [0.717, 1.165) is 46.3 Å². The molecular weight excluding hydrogens is 749 g/mol. The Balaban J connectivity index is 0.944. The highest BCUT2D eigenvalue weighted by Crippen LogP contribution is 2.51. The van der Waals surface area contributed by atoms with Crippen LogP contribution in [0.4, 0.5) is 0 Å². The molecule has 0 bridgehead atoms. The predicted octanol–water partition coefficient (Wildman–Crippen LogP) is 14.7. The van der Waals surface area contributed by atoms with E-state index in [9.17, 15) is 0 Å². The van der Waals surface area contributed by atoms with E-state index in [1.807, 2.05) is 72.0 Å². The maximum absolute atomic E-state index is 5.04. The lowest BCUT2D eigenvalue weighted by Gasteiger charge is -2.12. The van der Waals surface area contributed by atoms with Gasteiger partial charge in [0.2, 0.25) is 0 Å². The standard InChI is InChI=1S/C55H34N4S/c1-3-13-33(14-4-1)53-56-54(34-15-5-2-6-16-34)58-55(57-53)37-17-11-18-38(29-37)59-47-24-10-9-21-41(47)44-30-35(25-27-48(44)59)36-26-28-49-46(31-36)52-43-23-12-22-42-39-19-7-8-20-40(39)45(51(42)43)32-50(52)60-49/h1-7,9-19,21-32H,8,20H2. The van der Waals surface area contributed by atoms with Crippen LogP contribution in [0.3, 0.4) is 0 Å². The molecular formula is C55H34N4S. The van der Waals surface area contributed by atoms with Gasteiger partial charge in [0.15, 0.2) is 17.5 Å². The summed E-state index contributed by atoms with van der Waals surface area (Å²) in [7, 11) is 0. The third kappa shape index (κ3) is 5.06. The van der Waals surface area contributed by atoms with E-state index in [2.05, 4.69) is 126 Å². The van der Waals surface area contributed by atoms with Gasteiger partial charge < -0.3 is 4.57 Å². The zero-order valence-electron chi connectivity index (χ0n) is 32.4. The Morgan fingerprint density at radius 1 is 0.433 bits per heavy atom. The first kappa shape index (κ1) is 33.5. The van der Waals surface area contributed by atoms with Crippen LogP contribution in [-0.2, 0) is 0 Å². The summed E-state index contributed by atoms with van der Waals surface area (Å²) in [6.45, 7) is 0. The predicted molar refractivity (Wildman–Crippen MR) is 251 cm³/mol. The van der Waals surface area contributed by atoms with Gasteiger partial charge in [-0.25, -0.2) is 15.0 Å². The molecule has 3 aromatic heterocycles. The molecule has 60 heavy (non-hydrogen) atoms. The first-order chi connectivity index (χ1) is 29.7. The van der Waals surface area contributed by atoms with Crippen molar-refractivity contribution in [2.45, 2.75) is 12.8 Å². The monoisotopic (exact) mass is 782 g/mol. The Kier molecular flexibility index (Phi) is 7.27. The van der Waals surface area contributed by atoms with Crippen molar-refractivity contribution in [3.63, 3.8) is 0 Å². The van der Waals surface area contributed by atoms with Crippen LogP contribution in [0.15, 0.2) is 182 Å². The van der Waals surface area contributed by atoms with Crippen molar-refractivity contribution < 1.29 is 0 Å². The fourth-order valence-electron chi connectivity index (χ4n) is 9.74. The summed E-state index contributed by atoms with van der Waals surface area (Å²) in [5.41, 5.74) is 14.4. The van der Waals surface area contributed by atoms with Crippen LogP contribution >= 0.6 is 11.3 Å². The first-order valence-electron chi connectivity index (χ1n) is 20.6. The van der Waals surface area contributed by atoms with Crippen molar-refractivity contribution in [3.05, 3.63) is 193 Å². The molecule has 8 aromatic carbocycles. The highest BCUT2D eigenvalue weighted by atomic mass is 32.1. The van der Waals surface area contributed by atoms with Gasteiger partial charge in [-0.1, -0.05) is 133 Å². The van der Waals surface area contributed by atoms with Gasteiger partial charge in [-0.3, -0.25) is 0 Å². The lowest BCUT2D eigenvalue weighted by atomic mass is 9.94. The van der Waals surface area contributed by atoms with Gasteiger partial charge in [0.25, 0.3) is 0 Å². The van der Waals surface area contributed by atoms with Crippen molar-refractivity contribution in [1.29, 1.82) is 0 Å². The minimum absolute atomic E-state index is 0.637. The molecule has 0 saturated heterocycles. The van der Waals surface area contributed by atoms with Gasteiger partial charge in [-0.05, 0) is 106 Å². The molecule has 0 unspecified atom stereocenters. The molecule has 2 aliphatic rings. The second kappa shape index (κ2) is 13.0. The molecule has 280 valence electrons. The Hall–Kier alpha value is -7.47. The van der Waals surface area contributed by atoms with Crippen molar-refractivity contribution in [2.75, 3.05) is 0 Å². The van der Waals surface area contributed by atoms with Crippen LogP contribution in [0.25, 0.3) is 115 Å². The Morgan fingerprint density at radius 3 is 1.88 bits per heavy atom. The van der Waals surface area contributed by atoms with Crippen molar-refractivity contribution in [2.24, 2.45) is 0 Å². The summed E-state index contributed by atoms with van der Waals surface area (Å²) in [6.07, 6.45) is 6.91. The summed E-state index contributed by atoms with van der Waals surface area (Å²) in [5, 5.41) is 7.95. The van der Waals surface area contributed by atoms with E-state index in [1.54, 1.807) is 0 Å². The fraction of sp³-hybridized carbons (Fsp3) is 0.0364. The molecule has 13 rings (SSSR count). The van der Waals surface area contributed by atoms with E-state index in [1.165, 1.54) is 75.1 Å². The van der Waals surface area contributed by atoms with Crippen molar-refractivity contribution >= 4 is 75.2 Å². The molecule has 3 heterocycles. The van der Waals surface area contributed by atoms with Gasteiger partial charge in [0.05, 0.1) is 11.0 Å². The fourth-order valence-corrected chi connectivity index (χ4v) is 10.9.